The second-order valence-corrected chi connectivity index (χ2v) is 7.12. The number of furan rings is 1. The van der Waals surface area contributed by atoms with Crippen LogP contribution in [0.1, 0.15) is 33.3 Å². The number of carbonyl (C=O) groups excluding carboxylic acids is 1. The fraction of sp³-hybridized carbons (Fsp3) is 0.211. The first-order valence-corrected chi connectivity index (χ1v) is 9.38. The third kappa shape index (κ3) is 3.94. The molecular formula is C19H16Cl2N4O4. The smallest absolute Gasteiger partial charge is 0.307 e. The van der Waals surface area contributed by atoms with Crippen LogP contribution in [-0.4, -0.2) is 28.7 Å². The summed E-state index contributed by atoms with van der Waals surface area (Å²) in [5.41, 5.74) is 4.56. The number of rotatable bonds is 5. The summed E-state index contributed by atoms with van der Waals surface area (Å²) < 4.78 is 17.9. The minimum atomic E-state index is -0.490. The molecule has 0 unspecified atom stereocenters. The van der Waals surface area contributed by atoms with Crippen LogP contribution in [-0.2, 0) is 6.54 Å². The van der Waals surface area contributed by atoms with Crippen molar-refractivity contribution in [3.05, 3.63) is 62.8 Å². The van der Waals surface area contributed by atoms with E-state index >= 15 is 0 Å². The Bertz CT molecular complexity index is 1120. The van der Waals surface area contributed by atoms with Gasteiger partial charge in [-0.15, -0.1) is 0 Å². The van der Waals surface area contributed by atoms with Gasteiger partial charge in [0.25, 0.3) is 0 Å². The highest BCUT2D eigenvalue weighted by atomic mass is 35.5. The summed E-state index contributed by atoms with van der Waals surface area (Å²) >= 11 is 12.3. The molecule has 0 saturated carbocycles. The van der Waals surface area contributed by atoms with Gasteiger partial charge in [0.15, 0.2) is 17.3 Å². The molecule has 1 aliphatic heterocycles. The molecule has 2 aromatic heterocycles. The van der Waals surface area contributed by atoms with Gasteiger partial charge in [0, 0.05) is 11.6 Å². The van der Waals surface area contributed by atoms with Gasteiger partial charge < -0.3 is 13.9 Å². The van der Waals surface area contributed by atoms with Gasteiger partial charge in [0.2, 0.25) is 6.79 Å². The van der Waals surface area contributed by atoms with Gasteiger partial charge in [0.1, 0.15) is 5.76 Å². The monoisotopic (exact) mass is 434 g/mol. The Hall–Kier alpha value is -2.97. The molecule has 0 saturated heterocycles. The molecule has 8 nitrogen and oxygen atoms in total. The molecule has 3 heterocycles. The highest BCUT2D eigenvalue weighted by Crippen LogP contribution is 2.36. The van der Waals surface area contributed by atoms with Crippen LogP contribution in [0.3, 0.4) is 0 Å². The summed E-state index contributed by atoms with van der Waals surface area (Å²) in [7, 11) is 0. The van der Waals surface area contributed by atoms with E-state index in [1.54, 1.807) is 28.9 Å². The lowest BCUT2D eigenvalue weighted by atomic mass is 10.2. The molecule has 1 N–H and O–H groups in total. The van der Waals surface area contributed by atoms with Crippen molar-refractivity contribution in [2.45, 2.75) is 20.4 Å². The SMILES string of the molecule is Cc1nn(Cc2ccc(C(=O)NN=Cc3cc4c(cc3Cl)OCO4)o2)c(C)c1Cl. The molecule has 29 heavy (non-hydrogen) atoms. The summed E-state index contributed by atoms with van der Waals surface area (Å²) in [4.78, 5) is 12.3. The molecule has 0 aliphatic carbocycles. The molecule has 0 fully saturated rings. The van der Waals surface area contributed by atoms with Crippen LogP contribution in [0.15, 0.2) is 33.8 Å². The Morgan fingerprint density at radius 3 is 2.76 bits per heavy atom. The van der Waals surface area contributed by atoms with Gasteiger partial charge in [0.05, 0.1) is 34.2 Å². The standard InChI is InChI=1S/C19H16Cl2N4O4/c1-10-18(21)11(2)25(24-10)8-13-3-4-15(29-13)19(26)23-22-7-12-5-16-17(6-14(12)20)28-9-27-16/h3-7H,8-9H2,1-2H3,(H,23,26). The first kappa shape index (κ1) is 19.4. The second kappa shape index (κ2) is 7.81. The van der Waals surface area contributed by atoms with Gasteiger partial charge >= 0.3 is 5.91 Å². The van der Waals surface area contributed by atoms with Crippen LogP contribution in [0, 0.1) is 13.8 Å². The Morgan fingerprint density at radius 1 is 1.28 bits per heavy atom. The fourth-order valence-corrected chi connectivity index (χ4v) is 3.15. The molecule has 0 spiro atoms. The number of nitrogens with one attached hydrogen (secondary N) is 1. The second-order valence-electron chi connectivity index (χ2n) is 6.33. The van der Waals surface area contributed by atoms with Gasteiger partial charge in [-0.1, -0.05) is 23.2 Å². The third-order valence-corrected chi connectivity index (χ3v) is 5.22. The van der Waals surface area contributed by atoms with Gasteiger partial charge in [-0.3, -0.25) is 9.48 Å². The summed E-state index contributed by atoms with van der Waals surface area (Å²) in [6.45, 7) is 4.21. The average molecular weight is 435 g/mol. The molecule has 1 aliphatic rings. The van der Waals surface area contributed by atoms with Crippen LogP contribution in [0.5, 0.6) is 11.5 Å². The van der Waals surface area contributed by atoms with Crippen molar-refractivity contribution in [3.63, 3.8) is 0 Å². The fourth-order valence-electron chi connectivity index (χ4n) is 2.81. The quantitative estimate of drug-likeness (QED) is 0.484. The molecule has 10 heteroatoms. The largest absolute Gasteiger partial charge is 0.454 e. The molecule has 3 aromatic rings. The summed E-state index contributed by atoms with van der Waals surface area (Å²) in [5.74, 6) is 1.35. The van der Waals surface area contributed by atoms with Crippen molar-refractivity contribution in [2.24, 2.45) is 5.10 Å². The molecular weight excluding hydrogens is 419 g/mol. The van der Waals surface area contributed by atoms with Crippen LogP contribution in [0.25, 0.3) is 0 Å². The summed E-state index contributed by atoms with van der Waals surface area (Å²) in [6.07, 6.45) is 1.42. The van der Waals surface area contributed by atoms with E-state index in [1.165, 1.54) is 6.21 Å². The Labute approximate surface area is 176 Å². The maximum atomic E-state index is 12.3. The number of halogens is 2. The number of carbonyl (C=O) groups is 1. The van der Waals surface area contributed by atoms with Crippen molar-refractivity contribution in [1.82, 2.24) is 15.2 Å². The highest BCUT2D eigenvalue weighted by molar-refractivity contribution is 6.33. The van der Waals surface area contributed by atoms with E-state index in [2.05, 4.69) is 15.6 Å². The van der Waals surface area contributed by atoms with E-state index < -0.39 is 5.91 Å². The minimum Gasteiger partial charge on any atom is -0.454 e. The van der Waals surface area contributed by atoms with E-state index in [-0.39, 0.29) is 12.6 Å². The lowest BCUT2D eigenvalue weighted by Crippen LogP contribution is -2.16. The highest BCUT2D eigenvalue weighted by Gasteiger charge is 2.16. The van der Waals surface area contributed by atoms with E-state index in [1.807, 2.05) is 13.8 Å². The number of hydrazone groups is 1. The van der Waals surface area contributed by atoms with Crippen molar-refractivity contribution in [3.8, 4) is 11.5 Å². The number of nitrogens with zero attached hydrogens (tertiary/aromatic N) is 3. The number of hydrogen-bond acceptors (Lipinski definition) is 6. The first-order chi connectivity index (χ1) is 13.9. The van der Waals surface area contributed by atoms with Crippen molar-refractivity contribution >= 4 is 35.3 Å². The lowest BCUT2D eigenvalue weighted by Gasteiger charge is -2.02. The maximum absolute atomic E-state index is 12.3. The number of benzene rings is 1. The summed E-state index contributed by atoms with van der Waals surface area (Å²) in [6, 6.07) is 6.60. The molecule has 4 rings (SSSR count). The van der Waals surface area contributed by atoms with Crippen molar-refractivity contribution in [1.29, 1.82) is 0 Å². The normalized spacial score (nSPS) is 12.7. The van der Waals surface area contributed by atoms with Gasteiger partial charge in [-0.25, -0.2) is 5.43 Å². The lowest BCUT2D eigenvalue weighted by molar-refractivity contribution is 0.0925. The zero-order valence-electron chi connectivity index (χ0n) is 15.5. The van der Waals surface area contributed by atoms with E-state index in [4.69, 9.17) is 37.1 Å². The van der Waals surface area contributed by atoms with Gasteiger partial charge in [-0.2, -0.15) is 10.2 Å². The van der Waals surface area contributed by atoms with E-state index in [0.29, 0.717) is 39.4 Å². The number of ether oxygens (including phenoxy) is 2. The Kier molecular flexibility index (Phi) is 5.21. The molecule has 0 bridgehead atoms. The maximum Gasteiger partial charge on any atom is 0.307 e. The zero-order chi connectivity index (χ0) is 20.5. The van der Waals surface area contributed by atoms with Crippen LogP contribution < -0.4 is 14.9 Å². The molecule has 1 amide bonds. The van der Waals surface area contributed by atoms with Crippen LogP contribution >= 0.6 is 23.2 Å². The number of hydrogen-bond donors (Lipinski definition) is 1. The number of aromatic nitrogens is 2. The predicted molar refractivity (Wildman–Crippen MR) is 107 cm³/mol. The van der Waals surface area contributed by atoms with E-state index in [0.717, 1.165) is 11.4 Å². The van der Waals surface area contributed by atoms with Gasteiger partial charge in [-0.05, 0) is 32.0 Å². The number of amides is 1. The number of fused-ring (bicyclic) bond motifs is 1. The van der Waals surface area contributed by atoms with E-state index in [9.17, 15) is 4.79 Å². The zero-order valence-corrected chi connectivity index (χ0v) is 17.0. The molecule has 1 aromatic carbocycles. The number of aryl methyl sites for hydroxylation is 1. The average Bonchev–Trinajstić information content (AvgIpc) is 3.39. The van der Waals surface area contributed by atoms with Crippen LogP contribution in [0.4, 0.5) is 0 Å². The minimum absolute atomic E-state index is 0.126. The Morgan fingerprint density at radius 2 is 2.03 bits per heavy atom. The Balaban J connectivity index is 1.41. The predicted octanol–water partition coefficient (Wildman–Crippen LogP) is 3.94. The topological polar surface area (TPSA) is 90.9 Å². The van der Waals surface area contributed by atoms with Crippen molar-refractivity contribution in [2.75, 3.05) is 6.79 Å². The summed E-state index contributed by atoms with van der Waals surface area (Å²) in [5, 5.41) is 9.31. The molecule has 0 radical (unpaired) electrons. The molecule has 150 valence electrons. The molecule has 0 atom stereocenters. The first-order valence-electron chi connectivity index (χ1n) is 8.63. The van der Waals surface area contributed by atoms with Crippen molar-refractivity contribution < 1.29 is 18.7 Å². The third-order valence-electron chi connectivity index (χ3n) is 4.35. The van der Waals surface area contributed by atoms with Crippen LogP contribution in [0.2, 0.25) is 10.0 Å².